The van der Waals surface area contributed by atoms with E-state index in [-0.39, 0.29) is 0 Å². The van der Waals surface area contributed by atoms with Gasteiger partial charge in [-0.1, -0.05) is 20.3 Å². The Morgan fingerprint density at radius 1 is 1.25 bits per heavy atom. The van der Waals surface area contributed by atoms with Gasteiger partial charge in [-0.05, 0) is 42.9 Å². The smallest absolute Gasteiger partial charge is 0.150 e. The molecule has 1 aromatic rings. The van der Waals surface area contributed by atoms with Crippen LogP contribution < -0.4 is 5.32 Å². The first-order valence-electron chi connectivity index (χ1n) is 8.37. The molecule has 0 radical (unpaired) electrons. The van der Waals surface area contributed by atoms with E-state index in [1.54, 1.807) is 0 Å². The molecule has 4 heteroatoms. The lowest BCUT2D eigenvalue weighted by molar-refractivity contribution is 0.309. The second kappa shape index (κ2) is 4.83. The van der Waals surface area contributed by atoms with Crippen molar-refractivity contribution in [2.24, 2.45) is 23.7 Å². The number of fused-ring (bicyclic) bond motifs is 3. The van der Waals surface area contributed by atoms with Crippen LogP contribution in [0.15, 0.2) is 0 Å². The molecular formula is C16H26N4. The average molecular weight is 274 g/mol. The maximum atomic E-state index is 4.55. The average Bonchev–Trinajstić information content (AvgIpc) is 3.14. The van der Waals surface area contributed by atoms with E-state index >= 15 is 0 Å². The summed E-state index contributed by atoms with van der Waals surface area (Å²) in [6, 6.07) is 0.380. The van der Waals surface area contributed by atoms with Crippen LogP contribution in [0.2, 0.25) is 0 Å². The number of rotatable bonds is 3. The van der Waals surface area contributed by atoms with E-state index in [4.69, 9.17) is 0 Å². The molecule has 0 saturated heterocycles. The molecule has 0 amide bonds. The van der Waals surface area contributed by atoms with Gasteiger partial charge in [-0.3, -0.25) is 0 Å². The molecule has 4 nitrogen and oxygen atoms in total. The van der Waals surface area contributed by atoms with Crippen molar-refractivity contribution in [2.45, 2.75) is 58.5 Å². The molecule has 2 saturated carbocycles. The molecule has 3 aliphatic rings. The lowest BCUT2D eigenvalue weighted by atomic mass is 9.86. The first-order valence-corrected chi connectivity index (χ1v) is 8.37. The van der Waals surface area contributed by atoms with Crippen molar-refractivity contribution in [3.63, 3.8) is 0 Å². The second-order valence-electron chi connectivity index (χ2n) is 7.44. The SMILES string of the molecule is CC(C)C1NCCn2c(CC3CC4CCC3C4)nnc21. The van der Waals surface area contributed by atoms with Crippen molar-refractivity contribution < 1.29 is 0 Å². The van der Waals surface area contributed by atoms with Crippen LogP contribution in [0.4, 0.5) is 0 Å². The molecule has 0 aromatic carbocycles. The van der Waals surface area contributed by atoms with Gasteiger partial charge < -0.3 is 9.88 Å². The fraction of sp³-hybridized carbons (Fsp3) is 0.875. The summed E-state index contributed by atoms with van der Waals surface area (Å²) < 4.78 is 2.41. The molecule has 0 spiro atoms. The minimum atomic E-state index is 0.380. The minimum absolute atomic E-state index is 0.380. The van der Waals surface area contributed by atoms with Crippen LogP contribution >= 0.6 is 0 Å². The molecule has 2 heterocycles. The Morgan fingerprint density at radius 2 is 2.15 bits per heavy atom. The van der Waals surface area contributed by atoms with Crippen LogP contribution in [0.1, 0.15) is 57.2 Å². The fourth-order valence-corrected chi connectivity index (χ4v) is 4.79. The van der Waals surface area contributed by atoms with Gasteiger partial charge in [0.2, 0.25) is 0 Å². The summed E-state index contributed by atoms with van der Waals surface area (Å²) >= 11 is 0. The summed E-state index contributed by atoms with van der Waals surface area (Å²) in [6.45, 7) is 6.62. The van der Waals surface area contributed by atoms with Crippen LogP contribution in [-0.4, -0.2) is 21.3 Å². The largest absolute Gasteiger partial charge is 0.312 e. The first kappa shape index (κ1) is 12.8. The maximum absolute atomic E-state index is 4.55. The third-order valence-corrected chi connectivity index (χ3v) is 5.83. The molecule has 2 bridgehead atoms. The minimum Gasteiger partial charge on any atom is -0.312 e. The predicted molar refractivity (Wildman–Crippen MR) is 78.2 cm³/mol. The zero-order valence-electron chi connectivity index (χ0n) is 12.7. The summed E-state index contributed by atoms with van der Waals surface area (Å²) in [4.78, 5) is 0. The third kappa shape index (κ3) is 2.00. The number of hydrogen-bond donors (Lipinski definition) is 1. The molecule has 1 N–H and O–H groups in total. The highest BCUT2D eigenvalue weighted by atomic mass is 15.3. The first-order chi connectivity index (χ1) is 9.72. The van der Waals surface area contributed by atoms with E-state index in [2.05, 4.69) is 33.9 Å². The molecule has 110 valence electrons. The molecule has 2 fully saturated rings. The van der Waals surface area contributed by atoms with Crippen LogP contribution in [-0.2, 0) is 13.0 Å². The zero-order valence-corrected chi connectivity index (χ0v) is 12.7. The molecule has 2 aliphatic carbocycles. The van der Waals surface area contributed by atoms with Crippen molar-refractivity contribution in [2.75, 3.05) is 6.54 Å². The van der Waals surface area contributed by atoms with Gasteiger partial charge in [-0.15, -0.1) is 10.2 Å². The molecule has 4 unspecified atom stereocenters. The highest BCUT2D eigenvalue weighted by Gasteiger charge is 2.40. The third-order valence-electron chi connectivity index (χ3n) is 5.83. The fourth-order valence-electron chi connectivity index (χ4n) is 4.79. The molecule has 4 atom stereocenters. The Hall–Kier alpha value is -0.900. The molecular weight excluding hydrogens is 248 g/mol. The van der Waals surface area contributed by atoms with E-state index in [9.17, 15) is 0 Å². The van der Waals surface area contributed by atoms with E-state index in [1.165, 1.54) is 43.8 Å². The van der Waals surface area contributed by atoms with Crippen molar-refractivity contribution in [1.29, 1.82) is 0 Å². The van der Waals surface area contributed by atoms with Crippen molar-refractivity contribution in [3.8, 4) is 0 Å². The van der Waals surface area contributed by atoms with Gasteiger partial charge in [0.25, 0.3) is 0 Å². The standard InChI is InChI=1S/C16H26N4/c1-10(2)15-16-19-18-14(20(16)6-5-17-15)9-13-8-11-3-4-12(13)7-11/h10-13,15,17H,3-9H2,1-2H3. The Kier molecular flexibility index (Phi) is 3.09. The lowest BCUT2D eigenvalue weighted by Gasteiger charge is -2.28. The predicted octanol–water partition coefficient (Wildman–Crippen LogP) is 2.56. The van der Waals surface area contributed by atoms with Crippen LogP contribution in [0.3, 0.4) is 0 Å². The summed E-state index contributed by atoms with van der Waals surface area (Å²) in [7, 11) is 0. The summed E-state index contributed by atoms with van der Waals surface area (Å²) in [5.41, 5.74) is 0. The van der Waals surface area contributed by atoms with E-state index < -0.39 is 0 Å². The highest BCUT2D eigenvalue weighted by molar-refractivity contribution is 5.07. The van der Waals surface area contributed by atoms with Gasteiger partial charge in [0.15, 0.2) is 5.82 Å². The summed E-state index contributed by atoms with van der Waals surface area (Å²) in [6.07, 6.45) is 7.05. The van der Waals surface area contributed by atoms with Crippen molar-refractivity contribution in [3.05, 3.63) is 11.6 Å². The van der Waals surface area contributed by atoms with Gasteiger partial charge in [0.05, 0.1) is 6.04 Å². The number of nitrogens with one attached hydrogen (secondary N) is 1. The van der Waals surface area contributed by atoms with Gasteiger partial charge in [0, 0.05) is 19.5 Å². The maximum Gasteiger partial charge on any atom is 0.150 e. The number of hydrogen-bond acceptors (Lipinski definition) is 3. The number of nitrogens with zero attached hydrogens (tertiary/aromatic N) is 3. The van der Waals surface area contributed by atoms with E-state index in [0.29, 0.717) is 12.0 Å². The Labute approximate surface area is 121 Å². The zero-order chi connectivity index (χ0) is 13.7. The quantitative estimate of drug-likeness (QED) is 0.921. The normalized spacial score (nSPS) is 35.8. The Morgan fingerprint density at radius 3 is 2.85 bits per heavy atom. The van der Waals surface area contributed by atoms with E-state index in [1.807, 2.05) is 0 Å². The van der Waals surface area contributed by atoms with Crippen LogP contribution in [0, 0.1) is 23.7 Å². The number of aromatic nitrogens is 3. The molecule has 20 heavy (non-hydrogen) atoms. The van der Waals surface area contributed by atoms with Crippen LogP contribution in [0.5, 0.6) is 0 Å². The monoisotopic (exact) mass is 274 g/mol. The second-order valence-corrected chi connectivity index (χ2v) is 7.44. The van der Waals surface area contributed by atoms with Crippen molar-refractivity contribution in [1.82, 2.24) is 20.1 Å². The summed E-state index contributed by atoms with van der Waals surface area (Å²) in [5, 5.41) is 12.6. The lowest BCUT2D eigenvalue weighted by Crippen LogP contribution is -2.37. The van der Waals surface area contributed by atoms with Gasteiger partial charge in [-0.25, -0.2) is 0 Å². The molecule has 1 aliphatic heterocycles. The Balaban J connectivity index is 1.55. The van der Waals surface area contributed by atoms with Gasteiger partial charge >= 0.3 is 0 Å². The topological polar surface area (TPSA) is 42.7 Å². The van der Waals surface area contributed by atoms with Gasteiger partial charge in [0.1, 0.15) is 5.82 Å². The highest BCUT2D eigenvalue weighted by Crippen LogP contribution is 2.49. The van der Waals surface area contributed by atoms with Crippen LogP contribution in [0.25, 0.3) is 0 Å². The van der Waals surface area contributed by atoms with Gasteiger partial charge in [-0.2, -0.15) is 0 Å². The van der Waals surface area contributed by atoms with E-state index in [0.717, 1.165) is 30.8 Å². The molecule has 4 rings (SSSR count). The molecule has 1 aromatic heterocycles. The summed E-state index contributed by atoms with van der Waals surface area (Å²) in [5.74, 6) is 5.89. The Bertz CT molecular complexity index is 493. The van der Waals surface area contributed by atoms with Crippen molar-refractivity contribution >= 4 is 0 Å².